The first kappa shape index (κ1) is 20.5. The van der Waals surface area contributed by atoms with Crippen LogP contribution in [0.5, 0.6) is 0 Å². The molecule has 5 fully saturated rings. The van der Waals surface area contributed by atoms with Gasteiger partial charge in [-0.3, -0.25) is 0 Å². The minimum absolute atomic E-state index is 0.0677. The minimum Gasteiger partial charge on any atom is -0.353 e. The summed E-state index contributed by atoms with van der Waals surface area (Å²) >= 11 is 0. The third-order valence-electron chi connectivity index (χ3n) is 10.7. The molecule has 0 unspecified atom stereocenters. The van der Waals surface area contributed by atoms with Crippen molar-refractivity contribution < 1.29 is 14.3 Å². The summed E-state index contributed by atoms with van der Waals surface area (Å²) < 4.78 is 12.3. The first-order chi connectivity index (χ1) is 14.0. The van der Waals surface area contributed by atoms with Crippen LogP contribution in [0, 0.1) is 40.4 Å². The number of ether oxygens (including phenoxy) is 2. The molecule has 0 bridgehead atoms. The predicted molar refractivity (Wildman–Crippen MR) is 114 cm³/mol. The maximum atomic E-state index is 11.3. The van der Waals surface area contributed by atoms with Crippen molar-refractivity contribution in [2.24, 2.45) is 40.4 Å². The van der Waals surface area contributed by atoms with Crippen molar-refractivity contribution >= 4 is 6.29 Å². The molecule has 9 atom stereocenters. The molecule has 0 amide bonds. The minimum atomic E-state index is 0.0677. The van der Waals surface area contributed by atoms with Crippen LogP contribution in [0.3, 0.4) is 0 Å². The van der Waals surface area contributed by atoms with Gasteiger partial charge in [0.05, 0.1) is 6.10 Å². The molecule has 0 aromatic carbocycles. The Balaban J connectivity index is 1.27. The van der Waals surface area contributed by atoms with E-state index in [1.165, 1.54) is 76.9 Å². The molecule has 0 spiro atoms. The Morgan fingerprint density at radius 3 is 2.55 bits per heavy atom. The smallest absolute Gasteiger partial charge is 0.157 e. The second kappa shape index (κ2) is 7.93. The lowest BCUT2D eigenvalue weighted by Gasteiger charge is -2.61. The van der Waals surface area contributed by atoms with Crippen LogP contribution in [0.2, 0.25) is 0 Å². The molecule has 3 nitrogen and oxygen atoms in total. The fourth-order valence-electron chi connectivity index (χ4n) is 8.99. The Kier molecular flexibility index (Phi) is 5.60. The van der Waals surface area contributed by atoms with E-state index in [1.807, 2.05) is 0 Å². The van der Waals surface area contributed by atoms with Crippen molar-refractivity contribution in [3.05, 3.63) is 0 Å². The van der Waals surface area contributed by atoms with Gasteiger partial charge in [-0.25, -0.2) is 0 Å². The van der Waals surface area contributed by atoms with Crippen LogP contribution in [0.25, 0.3) is 0 Å². The van der Waals surface area contributed by atoms with Crippen molar-refractivity contribution in [3.8, 4) is 0 Å². The monoisotopic (exact) mass is 402 g/mol. The van der Waals surface area contributed by atoms with E-state index in [0.717, 1.165) is 43.1 Å². The third-order valence-corrected chi connectivity index (χ3v) is 10.7. The molecule has 29 heavy (non-hydrogen) atoms. The van der Waals surface area contributed by atoms with Crippen LogP contribution in [0.1, 0.15) is 97.3 Å². The summed E-state index contributed by atoms with van der Waals surface area (Å²) in [5.74, 6) is 4.17. The fraction of sp³-hybridized carbons (Fsp3) is 0.962. The van der Waals surface area contributed by atoms with Crippen molar-refractivity contribution in [2.45, 2.75) is 110 Å². The maximum Gasteiger partial charge on any atom is 0.157 e. The first-order valence-corrected chi connectivity index (χ1v) is 12.8. The van der Waals surface area contributed by atoms with Crippen LogP contribution < -0.4 is 0 Å². The van der Waals surface area contributed by atoms with Gasteiger partial charge in [-0.05, 0) is 117 Å². The Morgan fingerprint density at radius 2 is 1.76 bits per heavy atom. The highest BCUT2D eigenvalue weighted by atomic mass is 16.7. The Bertz CT molecular complexity index is 599. The zero-order chi connectivity index (χ0) is 20.1. The standard InChI is InChI=1S/C26H42O3/c1-25-14-11-23-21(22(25)9-7-18(25)12-15-27)8-6-19-17-20(10-13-26(19,23)2)29-24-5-3-4-16-28-24/h15,18-24H,3-14,16-17H2,1-2H3/t18-,19+,20+,21-,22+,23+,24-,25-,26+/m1/s1. The first-order valence-electron chi connectivity index (χ1n) is 12.8. The summed E-state index contributed by atoms with van der Waals surface area (Å²) in [6, 6.07) is 0. The largest absolute Gasteiger partial charge is 0.353 e. The fourth-order valence-corrected chi connectivity index (χ4v) is 8.99. The van der Waals surface area contributed by atoms with E-state index in [1.54, 1.807) is 0 Å². The number of fused-ring (bicyclic) bond motifs is 5. The number of aldehydes is 1. The lowest BCUT2D eigenvalue weighted by Crippen LogP contribution is -2.54. The molecule has 1 saturated heterocycles. The quantitative estimate of drug-likeness (QED) is 0.418. The highest BCUT2D eigenvalue weighted by molar-refractivity contribution is 5.50. The molecule has 164 valence electrons. The SMILES string of the molecule is C[C@]12CC[C@H](O[C@@H]3CCCCO3)C[C@@H]1CC[C@H]1[C@@H]2CC[C@]2(C)[C@@H](CC=O)CC[C@@H]12. The van der Waals surface area contributed by atoms with Gasteiger partial charge in [0.25, 0.3) is 0 Å². The number of hydrogen-bond acceptors (Lipinski definition) is 3. The van der Waals surface area contributed by atoms with Gasteiger partial charge in [-0.2, -0.15) is 0 Å². The van der Waals surface area contributed by atoms with Crippen molar-refractivity contribution in [1.82, 2.24) is 0 Å². The van der Waals surface area contributed by atoms with E-state index in [0.29, 0.717) is 22.9 Å². The topological polar surface area (TPSA) is 35.5 Å². The predicted octanol–water partition coefficient (Wildman–Crippen LogP) is 6.15. The molecule has 0 radical (unpaired) electrons. The van der Waals surface area contributed by atoms with E-state index >= 15 is 0 Å². The second-order valence-electron chi connectivity index (χ2n) is 11.7. The summed E-state index contributed by atoms with van der Waals surface area (Å²) in [6.45, 7) is 6.06. The Labute approximate surface area is 177 Å². The van der Waals surface area contributed by atoms with Gasteiger partial charge in [0.1, 0.15) is 6.29 Å². The second-order valence-corrected chi connectivity index (χ2v) is 11.7. The van der Waals surface area contributed by atoms with Gasteiger partial charge in [0, 0.05) is 13.0 Å². The maximum absolute atomic E-state index is 11.3. The van der Waals surface area contributed by atoms with Crippen LogP contribution >= 0.6 is 0 Å². The summed E-state index contributed by atoms with van der Waals surface area (Å²) in [5, 5.41) is 0. The summed E-state index contributed by atoms with van der Waals surface area (Å²) in [4.78, 5) is 11.3. The van der Waals surface area contributed by atoms with Crippen molar-refractivity contribution in [1.29, 1.82) is 0 Å². The lowest BCUT2D eigenvalue weighted by molar-refractivity contribution is -0.212. The van der Waals surface area contributed by atoms with E-state index in [-0.39, 0.29) is 6.29 Å². The molecule has 1 aliphatic heterocycles. The number of hydrogen-bond donors (Lipinski definition) is 0. The Morgan fingerprint density at radius 1 is 0.931 bits per heavy atom. The number of carbonyl (C=O) groups is 1. The van der Waals surface area contributed by atoms with Gasteiger partial charge in [-0.15, -0.1) is 0 Å². The van der Waals surface area contributed by atoms with E-state index in [9.17, 15) is 4.79 Å². The summed E-state index contributed by atoms with van der Waals surface area (Å²) in [5.41, 5.74) is 0.949. The van der Waals surface area contributed by atoms with E-state index in [2.05, 4.69) is 13.8 Å². The molecule has 0 aromatic rings. The molecule has 5 aliphatic rings. The van der Waals surface area contributed by atoms with Crippen LogP contribution in [0.15, 0.2) is 0 Å². The Hall–Kier alpha value is -0.410. The zero-order valence-corrected chi connectivity index (χ0v) is 18.7. The molecule has 4 saturated carbocycles. The van der Waals surface area contributed by atoms with Crippen molar-refractivity contribution in [3.63, 3.8) is 0 Å². The van der Waals surface area contributed by atoms with Gasteiger partial charge >= 0.3 is 0 Å². The highest BCUT2D eigenvalue weighted by Crippen LogP contribution is 2.67. The number of carbonyl (C=O) groups excluding carboxylic acids is 1. The van der Waals surface area contributed by atoms with E-state index < -0.39 is 0 Å². The average Bonchev–Trinajstić information content (AvgIpc) is 3.06. The zero-order valence-electron chi connectivity index (χ0n) is 18.7. The molecule has 1 heterocycles. The molecular formula is C26H42O3. The average molecular weight is 403 g/mol. The molecule has 3 heteroatoms. The van der Waals surface area contributed by atoms with Gasteiger partial charge in [-0.1, -0.05) is 13.8 Å². The molecular weight excluding hydrogens is 360 g/mol. The molecule has 0 N–H and O–H groups in total. The third kappa shape index (κ3) is 3.43. The summed E-state index contributed by atoms with van der Waals surface area (Å²) in [6.07, 6.45) is 18.1. The van der Waals surface area contributed by atoms with Crippen LogP contribution in [-0.2, 0) is 14.3 Å². The number of rotatable bonds is 4. The molecule has 0 aromatic heterocycles. The van der Waals surface area contributed by atoms with Gasteiger partial charge in [0.15, 0.2) is 6.29 Å². The lowest BCUT2D eigenvalue weighted by atomic mass is 9.44. The van der Waals surface area contributed by atoms with Crippen LogP contribution in [0.4, 0.5) is 0 Å². The summed E-state index contributed by atoms with van der Waals surface area (Å²) in [7, 11) is 0. The normalized spacial score (nSPS) is 52.3. The molecule has 5 rings (SSSR count). The van der Waals surface area contributed by atoms with Crippen molar-refractivity contribution in [2.75, 3.05) is 6.61 Å². The highest BCUT2D eigenvalue weighted by Gasteiger charge is 2.60. The van der Waals surface area contributed by atoms with Crippen LogP contribution in [-0.4, -0.2) is 25.3 Å². The van der Waals surface area contributed by atoms with E-state index in [4.69, 9.17) is 9.47 Å². The van der Waals surface area contributed by atoms with Gasteiger partial charge in [0.2, 0.25) is 0 Å². The molecule has 4 aliphatic carbocycles. The van der Waals surface area contributed by atoms with Gasteiger partial charge < -0.3 is 14.3 Å².